The van der Waals surface area contributed by atoms with Gasteiger partial charge in [0.2, 0.25) is 0 Å². The molecule has 7 heteroatoms. The van der Waals surface area contributed by atoms with E-state index in [1.807, 2.05) is 0 Å². The topological polar surface area (TPSA) is 107 Å². The molecule has 0 saturated heterocycles. The van der Waals surface area contributed by atoms with E-state index in [2.05, 4.69) is 0 Å². The fraction of sp³-hybridized carbons (Fsp3) is 0.444. The summed E-state index contributed by atoms with van der Waals surface area (Å²) >= 11 is 0. The monoisotopic (exact) mass is 346 g/mol. The first-order chi connectivity index (χ1) is 11.9. The van der Waals surface area contributed by atoms with Crippen LogP contribution in [-0.4, -0.2) is 42.8 Å². The zero-order valence-corrected chi connectivity index (χ0v) is 14.0. The molecule has 1 aromatic carbocycles. The minimum atomic E-state index is -1.80. The van der Waals surface area contributed by atoms with E-state index < -0.39 is 29.6 Å². The molecule has 0 unspecified atom stereocenters. The van der Waals surface area contributed by atoms with E-state index >= 15 is 0 Å². The van der Waals surface area contributed by atoms with Crippen molar-refractivity contribution in [3.8, 4) is 5.75 Å². The number of esters is 2. The fourth-order valence-corrected chi connectivity index (χ4v) is 3.85. The summed E-state index contributed by atoms with van der Waals surface area (Å²) in [6, 6.07) is 1.37. The van der Waals surface area contributed by atoms with Gasteiger partial charge in [-0.05, 0) is 24.5 Å². The first-order valence-corrected chi connectivity index (χ1v) is 7.96. The molecule has 2 aliphatic rings. The lowest BCUT2D eigenvalue weighted by atomic mass is 9.68. The highest BCUT2D eigenvalue weighted by Gasteiger charge is 2.54. The maximum atomic E-state index is 12.8. The molecular formula is C18H18O7. The third kappa shape index (κ3) is 2.42. The predicted octanol–water partition coefficient (Wildman–Crippen LogP) is 1.37. The third-order valence-corrected chi connectivity index (χ3v) is 4.99. The number of rotatable bonds is 2. The molecule has 0 aliphatic heterocycles. The van der Waals surface area contributed by atoms with E-state index in [0.29, 0.717) is 30.4 Å². The number of ether oxygens (including phenoxy) is 2. The molecule has 132 valence electrons. The molecule has 0 fully saturated rings. The molecule has 7 nitrogen and oxygen atoms in total. The SMILES string of the molecule is COC(=O)C1(C(=O)OC)CC(=O)c2c(cc(O)c3c2C(=O)CCC3)C1. The largest absolute Gasteiger partial charge is 0.508 e. The van der Waals surface area contributed by atoms with Gasteiger partial charge >= 0.3 is 11.9 Å². The Kier molecular flexibility index (Phi) is 4.10. The number of phenolic OH excluding ortho intramolecular Hbond substituents is 1. The van der Waals surface area contributed by atoms with Gasteiger partial charge in [-0.2, -0.15) is 0 Å². The first kappa shape index (κ1) is 17.1. The van der Waals surface area contributed by atoms with Crippen molar-refractivity contribution in [2.45, 2.75) is 32.1 Å². The number of aromatic hydroxyl groups is 1. The van der Waals surface area contributed by atoms with Gasteiger partial charge in [0.25, 0.3) is 0 Å². The summed E-state index contributed by atoms with van der Waals surface area (Å²) in [5, 5.41) is 10.3. The van der Waals surface area contributed by atoms with E-state index in [1.165, 1.54) is 6.07 Å². The molecule has 0 atom stereocenters. The number of hydrogen-bond donors (Lipinski definition) is 1. The van der Waals surface area contributed by atoms with Gasteiger partial charge in [0.1, 0.15) is 5.75 Å². The number of ketones is 2. The minimum Gasteiger partial charge on any atom is -0.508 e. The van der Waals surface area contributed by atoms with Gasteiger partial charge in [-0.1, -0.05) is 0 Å². The highest BCUT2D eigenvalue weighted by molar-refractivity contribution is 6.16. The van der Waals surface area contributed by atoms with Gasteiger partial charge in [0.15, 0.2) is 17.0 Å². The van der Waals surface area contributed by atoms with Crippen LogP contribution in [0.15, 0.2) is 6.07 Å². The Labute approximate surface area is 143 Å². The van der Waals surface area contributed by atoms with Crippen LogP contribution in [0.2, 0.25) is 0 Å². The minimum absolute atomic E-state index is 0.0971. The zero-order valence-electron chi connectivity index (χ0n) is 14.0. The Morgan fingerprint density at radius 1 is 1.00 bits per heavy atom. The van der Waals surface area contributed by atoms with Crippen LogP contribution >= 0.6 is 0 Å². The van der Waals surface area contributed by atoms with Gasteiger partial charge in [-0.3, -0.25) is 19.2 Å². The van der Waals surface area contributed by atoms with E-state index in [4.69, 9.17) is 9.47 Å². The Morgan fingerprint density at radius 3 is 2.24 bits per heavy atom. The summed E-state index contributed by atoms with van der Waals surface area (Å²) in [5.41, 5.74) is -0.604. The van der Waals surface area contributed by atoms with E-state index in [-0.39, 0.29) is 29.1 Å². The van der Waals surface area contributed by atoms with Gasteiger partial charge in [-0.25, -0.2) is 0 Å². The van der Waals surface area contributed by atoms with Crippen LogP contribution in [0.1, 0.15) is 51.1 Å². The Morgan fingerprint density at radius 2 is 1.64 bits per heavy atom. The van der Waals surface area contributed by atoms with E-state index in [1.54, 1.807) is 0 Å². The summed E-state index contributed by atoms with van der Waals surface area (Å²) in [6.45, 7) is 0. The summed E-state index contributed by atoms with van der Waals surface area (Å²) < 4.78 is 9.44. The lowest BCUT2D eigenvalue weighted by molar-refractivity contribution is -0.169. The van der Waals surface area contributed by atoms with Crippen LogP contribution in [0.5, 0.6) is 5.75 Å². The normalized spacial score (nSPS) is 18.2. The van der Waals surface area contributed by atoms with Crippen molar-refractivity contribution in [3.05, 3.63) is 28.3 Å². The number of carbonyl (C=O) groups is 4. The summed E-state index contributed by atoms with van der Waals surface area (Å²) in [7, 11) is 2.25. The lowest BCUT2D eigenvalue weighted by Gasteiger charge is -2.34. The molecule has 0 spiro atoms. The van der Waals surface area contributed by atoms with Crippen LogP contribution in [-0.2, 0) is 31.9 Å². The summed E-state index contributed by atoms with van der Waals surface area (Å²) in [6.07, 6.45) is 0.827. The first-order valence-electron chi connectivity index (χ1n) is 7.96. The van der Waals surface area contributed by atoms with Crippen molar-refractivity contribution in [2.75, 3.05) is 14.2 Å². The molecule has 0 aromatic heterocycles. The van der Waals surface area contributed by atoms with Crippen molar-refractivity contribution in [1.29, 1.82) is 0 Å². The molecule has 3 rings (SSSR count). The number of fused-ring (bicyclic) bond motifs is 3. The van der Waals surface area contributed by atoms with E-state index in [9.17, 15) is 24.3 Å². The maximum absolute atomic E-state index is 12.8. The van der Waals surface area contributed by atoms with Crippen molar-refractivity contribution < 1.29 is 33.8 Å². The molecule has 25 heavy (non-hydrogen) atoms. The maximum Gasteiger partial charge on any atom is 0.324 e. The van der Waals surface area contributed by atoms with Crippen LogP contribution < -0.4 is 0 Å². The smallest absolute Gasteiger partial charge is 0.324 e. The Hall–Kier alpha value is -2.70. The zero-order chi connectivity index (χ0) is 18.4. The Bertz CT molecular complexity index is 790. The van der Waals surface area contributed by atoms with Gasteiger partial charge in [0.05, 0.1) is 14.2 Å². The van der Waals surface area contributed by atoms with Crippen LogP contribution in [0.4, 0.5) is 0 Å². The summed E-state index contributed by atoms with van der Waals surface area (Å²) in [4.78, 5) is 49.7. The van der Waals surface area contributed by atoms with Gasteiger partial charge in [-0.15, -0.1) is 0 Å². The van der Waals surface area contributed by atoms with Crippen molar-refractivity contribution in [2.24, 2.45) is 5.41 Å². The van der Waals surface area contributed by atoms with Crippen LogP contribution in [0, 0.1) is 5.41 Å². The Balaban J connectivity index is 2.22. The third-order valence-electron chi connectivity index (χ3n) is 4.99. The number of carbonyl (C=O) groups excluding carboxylic acids is 4. The molecule has 0 saturated carbocycles. The molecular weight excluding hydrogens is 328 g/mol. The highest BCUT2D eigenvalue weighted by atomic mass is 16.5. The highest BCUT2D eigenvalue weighted by Crippen LogP contribution is 2.43. The molecule has 1 aromatic rings. The van der Waals surface area contributed by atoms with Gasteiger partial charge < -0.3 is 14.6 Å². The number of hydrogen-bond acceptors (Lipinski definition) is 7. The predicted molar refractivity (Wildman–Crippen MR) is 84.5 cm³/mol. The van der Waals surface area contributed by atoms with Crippen molar-refractivity contribution in [1.82, 2.24) is 0 Å². The molecule has 2 aliphatic carbocycles. The van der Waals surface area contributed by atoms with Gasteiger partial charge in [0, 0.05) is 36.0 Å². The molecule has 0 bridgehead atoms. The number of benzene rings is 1. The summed E-state index contributed by atoms with van der Waals surface area (Å²) in [5.74, 6) is -2.54. The average Bonchev–Trinajstić information content (AvgIpc) is 2.60. The second kappa shape index (κ2) is 5.98. The average molecular weight is 346 g/mol. The fourth-order valence-electron chi connectivity index (χ4n) is 3.85. The van der Waals surface area contributed by atoms with E-state index in [0.717, 1.165) is 14.2 Å². The quantitative estimate of drug-likeness (QED) is 0.636. The second-order valence-electron chi connectivity index (χ2n) is 6.40. The number of phenols is 1. The molecule has 0 heterocycles. The second-order valence-corrected chi connectivity index (χ2v) is 6.40. The number of methoxy groups -OCH3 is 2. The van der Waals surface area contributed by atoms with Crippen LogP contribution in [0.3, 0.4) is 0 Å². The van der Waals surface area contributed by atoms with Crippen LogP contribution in [0.25, 0.3) is 0 Å². The molecule has 0 radical (unpaired) electrons. The number of Topliss-reactive ketones (excluding diaryl/α,β-unsaturated/α-hetero) is 2. The molecule has 1 N–H and O–H groups in total. The van der Waals surface area contributed by atoms with Crippen molar-refractivity contribution >= 4 is 23.5 Å². The lowest BCUT2D eigenvalue weighted by Crippen LogP contribution is -2.47. The standard InChI is InChI=1S/C18H18O7/c1-24-16(22)18(17(23)25-2)7-9-6-12(20)10-4-3-5-11(19)15(10)14(9)13(21)8-18/h6,20H,3-5,7-8H2,1-2H3. The van der Waals surface area contributed by atoms with Crippen molar-refractivity contribution in [3.63, 3.8) is 0 Å². The molecule has 0 amide bonds.